The molecule has 0 radical (unpaired) electrons. The number of alkyl halides is 3. The summed E-state index contributed by atoms with van der Waals surface area (Å²) in [5.41, 5.74) is -0.110. The molecular formula is C14H17ClF3N5O2. The van der Waals surface area contributed by atoms with Gasteiger partial charge in [-0.05, 0) is 27.7 Å². The molecule has 0 N–H and O–H groups in total. The largest absolute Gasteiger partial charge is 0.436 e. The molecule has 0 bridgehead atoms. The third-order valence-electron chi connectivity index (χ3n) is 3.85. The maximum absolute atomic E-state index is 12.9. The molecule has 0 spiro atoms. The normalized spacial score (nSPS) is 13.1. The van der Waals surface area contributed by atoms with Crippen molar-refractivity contribution in [2.45, 2.75) is 46.5 Å². The third-order valence-corrected chi connectivity index (χ3v) is 4.30. The Morgan fingerprint density at radius 2 is 2.00 bits per heavy atom. The van der Waals surface area contributed by atoms with Crippen LogP contribution in [0.3, 0.4) is 0 Å². The molecule has 0 saturated carbocycles. The SMILES string of the molecule is CCN(Cc1nonc1C)C(=O)C(C)n1nc(C(F)(F)F)c(Cl)c1C. The molecule has 0 saturated heterocycles. The number of aryl methyl sites for hydroxylation is 1. The van der Waals surface area contributed by atoms with Crippen LogP contribution in [-0.4, -0.2) is 37.4 Å². The van der Waals surface area contributed by atoms with E-state index in [0.29, 0.717) is 17.9 Å². The second kappa shape index (κ2) is 7.03. The van der Waals surface area contributed by atoms with Crippen molar-refractivity contribution in [2.24, 2.45) is 0 Å². The first-order valence-electron chi connectivity index (χ1n) is 7.46. The number of carbonyl (C=O) groups is 1. The zero-order valence-corrected chi connectivity index (χ0v) is 14.8. The summed E-state index contributed by atoms with van der Waals surface area (Å²) in [6.45, 7) is 6.74. The molecule has 0 aromatic carbocycles. The maximum atomic E-state index is 12.9. The molecule has 2 aromatic rings. The number of halogens is 4. The molecule has 1 atom stereocenters. The minimum atomic E-state index is -4.69. The van der Waals surface area contributed by atoms with Crippen molar-refractivity contribution < 1.29 is 22.6 Å². The van der Waals surface area contributed by atoms with Crippen molar-refractivity contribution in [3.63, 3.8) is 0 Å². The molecule has 0 fully saturated rings. The van der Waals surface area contributed by atoms with Crippen LogP contribution in [0.15, 0.2) is 4.63 Å². The lowest BCUT2D eigenvalue weighted by molar-refractivity contribution is -0.142. The molecule has 0 aliphatic rings. The average molecular weight is 380 g/mol. The van der Waals surface area contributed by atoms with Crippen LogP contribution in [-0.2, 0) is 17.5 Å². The summed E-state index contributed by atoms with van der Waals surface area (Å²) >= 11 is 5.74. The molecule has 2 rings (SSSR count). The summed E-state index contributed by atoms with van der Waals surface area (Å²) in [6, 6.07) is -0.964. The smallest absolute Gasteiger partial charge is 0.335 e. The summed E-state index contributed by atoms with van der Waals surface area (Å²) in [5, 5.41) is 10.3. The highest BCUT2D eigenvalue weighted by atomic mass is 35.5. The Kier molecular flexibility index (Phi) is 5.40. The van der Waals surface area contributed by atoms with Gasteiger partial charge in [0.1, 0.15) is 17.4 Å². The van der Waals surface area contributed by atoms with Gasteiger partial charge in [-0.2, -0.15) is 18.3 Å². The topological polar surface area (TPSA) is 77.0 Å². The Labute approximate surface area is 146 Å². The fraction of sp³-hybridized carbons (Fsp3) is 0.571. The number of likely N-dealkylation sites (N-methyl/N-ethyl adjacent to an activating group) is 1. The number of nitrogens with zero attached hydrogens (tertiary/aromatic N) is 5. The van der Waals surface area contributed by atoms with Crippen LogP contribution in [0.2, 0.25) is 5.02 Å². The molecule has 7 nitrogen and oxygen atoms in total. The number of hydrogen-bond acceptors (Lipinski definition) is 5. The highest BCUT2D eigenvalue weighted by molar-refractivity contribution is 6.32. The molecule has 0 aliphatic heterocycles. The molecular weight excluding hydrogens is 363 g/mol. The monoisotopic (exact) mass is 379 g/mol. The van der Waals surface area contributed by atoms with E-state index in [0.717, 1.165) is 4.68 Å². The minimum absolute atomic E-state index is 0.0742. The van der Waals surface area contributed by atoms with E-state index in [1.165, 1.54) is 18.7 Å². The summed E-state index contributed by atoms with van der Waals surface area (Å²) in [6.07, 6.45) is -4.69. The first-order chi connectivity index (χ1) is 11.6. The number of amides is 1. The number of aromatic nitrogens is 4. The van der Waals surface area contributed by atoms with Crippen LogP contribution in [0.4, 0.5) is 13.2 Å². The summed E-state index contributed by atoms with van der Waals surface area (Å²) in [5.74, 6) is -0.416. The predicted octanol–water partition coefficient (Wildman–Crippen LogP) is 3.16. The Hall–Kier alpha value is -2.10. The molecule has 2 aromatic heterocycles. The van der Waals surface area contributed by atoms with Gasteiger partial charge in [0, 0.05) is 6.54 Å². The van der Waals surface area contributed by atoms with Gasteiger partial charge in [0.15, 0.2) is 5.69 Å². The first kappa shape index (κ1) is 19.2. The Morgan fingerprint density at radius 1 is 1.36 bits per heavy atom. The van der Waals surface area contributed by atoms with E-state index in [1.807, 2.05) is 0 Å². The van der Waals surface area contributed by atoms with Crippen LogP contribution in [0.25, 0.3) is 0 Å². The van der Waals surface area contributed by atoms with Gasteiger partial charge in [-0.15, -0.1) is 0 Å². The standard InChI is InChI=1S/C14H17ClF3N5O2/c1-5-22(6-10-7(2)20-25-21-10)13(24)9(4)23-8(3)11(15)12(19-23)14(16,17)18/h9H,5-6H2,1-4H3. The van der Waals surface area contributed by atoms with Crippen molar-refractivity contribution >= 4 is 17.5 Å². The van der Waals surface area contributed by atoms with Gasteiger partial charge in [0.2, 0.25) is 5.91 Å². The van der Waals surface area contributed by atoms with E-state index in [4.69, 9.17) is 11.6 Å². The van der Waals surface area contributed by atoms with Gasteiger partial charge in [-0.1, -0.05) is 21.9 Å². The summed E-state index contributed by atoms with van der Waals surface area (Å²) in [4.78, 5) is 14.1. The van der Waals surface area contributed by atoms with Gasteiger partial charge in [-0.3, -0.25) is 9.48 Å². The molecule has 2 heterocycles. The van der Waals surface area contributed by atoms with E-state index in [1.54, 1.807) is 13.8 Å². The second-order valence-corrected chi connectivity index (χ2v) is 5.89. The number of hydrogen-bond donors (Lipinski definition) is 0. The van der Waals surface area contributed by atoms with Crippen LogP contribution in [0.1, 0.15) is 42.7 Å². The first-order valence-corrected chi connectivity index (χ1v) is 7.84. The van der Waals surface area contributed by atoms with Gasteiger partial charge in [0.05, 0.1) is 17.3 Å². The van der Waals surface area contributed by atoms with Crippen molar-refractivity contribution in [3.8, 4) is 0 Å². The quantitative estimate of drug-likeness (QED) is 0.797. The lowest BCUT2D eigenvalue weighted by Crippen LogP contribution is -2.36. The molecule has 138 valence electrons. The lowest BCUT2D eigenvalue weighted by atomic mass is 10.2. The van der Waals surface area contributed by atoms with Crippen molar-refractivity contribution in [1.82, 2.24) is 25.0 Å². The molecule has 1 unspecified atom stereocenters. The minimum Gasteiger partial charge on any atom is -0.335 e. The van der Waals surface area contributed by atoms with E-state index < -0.39 is 28.8 Å². The third kappa shape index (κ3) is 3.78. The van der Waals surface area contributed by atoms with Crippen LogP contribution in [0.5, 0.6) is 0 Å². The maximum Gasteiger partial charge on any atom is 0.436 e. The van der Waals surface area contributed by atoms with Crippen LogP contribution < -0.4 is 0 Å². The van der Waals surface area contributed by atoms with E-state index in [9.17, 15) is 18.0 Å². The van der Waals surface area contributed by atoms with Gasteiger partial charge >= 0.3 is 6.18 Å². The van der Waals surface area contributed by atoms with Crippen molar-refractivity contribution in [2.75, 3.05) is 6.54 Å². The highest BCUT2D eigenvalue weighted by Crippen LogP contribution is 2.36. The molecule has 0 aliphatic carbocycles. The van der Waals surface area contributed by atoms with Crippen molar-refractivity contribution in [1.29, 1.82) is 0 Å². The summed E-state index contributed by atoms with van der Waals surface area (Å²) < 4.78 is 44.4. The number of rotatable bonds is 5. The van der Waals surface area contributed by atoms with E-state index in [-0.39, 0.29) is 12.2 Å². The zero-order valence-electron chi connectivity index (χ0n) is 14.1. The molecule has 25 heavy (non-hydrogen) atoms. The second-order valence-electron chi connectivity index (χ2n) is 5.52. The Balaban J connectivity index is 2.28. The van der Waals surface area contributed by atoms with Gasteiger partial charge in [0.25, 0.3) is 0 Å². The van der Waals surface area contributed by atoms with Crippen LogP contribution in [0, 0.1) is 13.8 Å². The average Bonchev–Trinajstić information content (AvgIpc) is 3.07. The highest BCUT2D eigenvalue weighted by Gasteiger charge is 2.39. The zero-order chi connectivity index (χ0) is 18.9. The van der Waals surface area contributed by atoms with Gasteiger partial charge < -0.3 is 4.90 Å². The molecule has 1 amide bonds. The van der Waals surface area contributed by atoms with Crippen molar-refractivity contribution in [3.05, 3.63) is 27.8 Å². The predicted molar refractivity (Wildman–Crippen MR) is 81.8 cm³/mol. The Bertz CT molecular complexity index is 771. The Morgan fingerprint density at radius 3 is 2.44 bits per heavy atom. The molecule has 11 heteroatoms. The van der Waals surface area contributed by atoms with Crippen LogP contribution >= 0.6 is 11.6 Å². The lowest BCUT2D eigenvalue weighted by Gasteiger charge is -2.24. The fourth-order valence-corrected chi connectivity index (χ4v) is 2.58. The van der Waals surface area contributed by atoms with E-state index >= 15 is 0 Å². The van der Waals surface area contributed by atoms with E-state index in [2.05, 4.69) is 20.0 Å². The summed E-state index contributed by atoms with van der Waals surface area (Å²) in [7, 11) is 0. The van der Waals surface area contributed by atoms with Gasteiger partial charge in [-0.25, -0.2) is 4.63 Å². The number of carbonyl (C=O) groups excluding carboxylic acids is 1. The fourth-order valence-electron chi connectivity index (χ4n) is 2.34.